The van der Waals surface area contributed by atoms with Crippen molar-refractivity contribution in [2.24, 2.45) is 17.8 Å². The summed E-state index contributed by atoms with van der Waals surface area (Å²) in [6.07, 6.45) is 17.5. The van der Waals surface area contributed by atoms with Crippen molar-refractivity contribution in [2.45, 2.75) is 78.6 Å². The fourth-order valence-corrected chi connectivity index (χ4v) is 3.23. The van der Waals surface area contributed by atoms with Gasteiger partial charge in [-0.25, -0.2) is 0 Å². The van der Waals surface area contributed by atoms with Gasteiger partial charge in [-0.05, 0) is 50.4 Å². The summed E-state index contributed by atoms with van der Waals surface area (Å²) in [4.78, 5) is 0. The van der Waals surface area contributed by atoms with E-state index in [0.717, 1.165) is 17.8 Å². The molecule has 0 heteroatoms. The smallest absolute Gasteiger partial charge is 0.0259 e. The molecule has 0 saturated heterocycles. The molecule has 0 nitrogen and oxygen atoms in total. The molecule has 0 aliphatic heterocycles. The van der Waals surface area contributed by atoms with E-state index in [1.165, 1.54) is 63.4 Å². The summed E-state index contributed by atoms with van der Waals surface area (Å²) < 4.78 is 0. The van der Waals surface area contributed by atoms with Crippen LogP contribution in [0.25, 0.3) is 0 Å². The number of hydrogen-bond acceptors (Lipinski definition) is 0. The quantitative estimate of drug-likeness (QED) is 0.436. The monoisotopic (exact) mass is 262 g/mol. The van der Waals surface area contributed by atoms with Gasteiger partial charge in [0, 0.05) is 0 Å². The number of hydrogen-bond donors (Lipinski definition) is 0. The molecule has 1 aliphatic carbocycles. The molecule has 0 aromatic heterocycles. The first kappa shape index (κ1) is 16.5. The highest BCUT2D eigenvalue weighted by Crippen LogP contribution is 2.29. The van der Waals surface area contributed by atoms with Crippen molar-refractivity contribution in [2.75, 3.05) is 0 Å². The molecule has 0 amide bonds. The molecule has 0 heterocycles. The lowest BCUT2D eigenvalue weighted by Gasteiger charge is -2.23. The maximum absolute atomic E-state index is 3.97. The van der Waals surface area contributed by atoms with Crippen molar-refractivity contribution in [3.05, 3.63) is 24.3 Å². The van der Waals surface area contributed by atoms with Gasteiger partial charge in [0.2, 0.25) is 0 Å². The molecule has 0 bridgehead atoms. The highest BCUT2D eigenvalue weighted by molar-refractivity contribution is 4.92. The van der Waals surface area contributed by atoms with Crippen LogP contribution in [0.1, 0.15) is 78.6 Å². The normalized spacial score (nSPS) is 20.6. The van der Waals surface area contributed by atoms with E-state index in [9.17, 15) is 0 Å². The van der Waals surface area contributed by atoms with Crippen LogP contribution in [0.4, 0.5) is 0 Å². The summed E-state index contributed by atoms with van der Waals surface area (Å²) in [6.45, 7) is 10.8. The summed E-state index contributed by atoms with van der Waals surface area (Å²) in [5, 5.41) is 0. The van der Waals surface area contributed by atoms with E-state index in [2.05, 4.69) is 39.5 Å². The summed E-state index contributed by atoms with van der Waals surface area (Å²) in [6, 6.07) is 0. The van der Waals surface area contributed by atoms with Gasteiger partial charge in [-0.2, -0.15) is 0 Å². The Hall–Kier alpha value is -0.520. The van der Waals surface area contributed by atoms with Crippen molar-refractivity contribution in [3.63, 3.8) is 0 Å². The SMILES string of the molecule is C=C(C)CCCC(C)C=CC(C)CC1CCCCC1. The van der Waals surface area contributed by atoms with Crippen LogP contribution in [-0.2, 0) is 0 Å². The summed E-state index contributed by atoms with van der Waals surface area (Å²) in [7, 11) is 0. The van der Waals surface area contributed by atoms with Gasteiger partial charge >= 0.3 is 0 Å². The predicted octanol–water partition coefficient (Wildman–Crippen LogP) is 6.53. The Morgan fingerprint density at radius 3 is 2.37 bits per heavy atom. The second kappa shape index (κ2) is 9.39. The zero-order chi connectivity index (χ0) is 14.1. The van der Waals surface area contributed by atoms with E-state index in [4.69, 9.17) is 0 Å². The predicted molar refractivity (Wildman–Crippen MR) is 87.3 cm³/mol. The summed E-state index contributed by atoms with van der Waals surface area (Å²) in [5.41, 5.74) is 1.32. The molecule has 0 aromatic carbocycles. The molecular formula is C19H34. The van der Waals surface area contributed by atoms with E-state index in [-0.39, 0.29) is 0 Å². The minimum atomic E-state index is 0.730. The third kappa shape index (κ3) is 8.29. The second-order valence-electron chi connectivity index (χ2n) is 6.93. The maximum atomic E-state index is 3.97. The van der Waals surface area contributed by atoms with Crippen LogP contribution in [-0.4, -0.2) is 0 Å². The van der Waals surface area contributed by atoms with E-state index in [1.54, 1.807) is 0 Å². The Kier molecular flexibility index (Phi) is 8.18. The lowest BCUT2D eigenvalue weighted by Crippen LogP contribution is -2.09. The highest BCUT2D eigenvalue weighted by atomic mass is 14.2. The summed E-state index contributed by atoms with van der Waals surface area (Å²) in [5.74, 6) is 2.51. The first-order valence-electron chi connectivity index (χ1n) is 8.40. The maximum Gasteiger partial charge on any atom is -0.0259 e. The molecule has 0 spiro atoms. The third-order valence-electron chi connectivity index (χ3n) is 4.46. The van der Waals surface area contributed by atoms with Crippen molar-refractivity contribution in [3.8, 4) is 0 Å². The van der Waals surface area contributed by atoms with E-state index in [1.807, 2.05) is 0 Å². The van der Waals surface area contributed by atoms with Gasteiger partial charge in [0.1, 0.15) is 0 Å². The number of rotatable bonds is 8. The van der Waals surface area contributed by atoms with Crippen molar-refractivity contribution >= 4 is 0 Å². The topological polar surface area (TPSA) is 0 Å². The molecule has 19 heavy (non-hydrogen) atoms. The number of allylic oxidation sites excluding steroid dienone is 3. The molecule has 0 radical (unpaired) electrons. The van der Waals surface area contributed by atoms with Gasteiger partial charge in [-0.15, -0.1) is 6.58 Å². The molecule has 1 aliphatic rings. The molecule has 2 atom stereocenters. The average Bonchev–Trinajstić information content (AvgIpc) is 2.37. The Bertz CT molecular complexity index is 268. The van der Waals surface area contributed by atoms with Gasteiger partial charge in [0.25, 0.3) is 0 Å². The first-order chi connectivity index (χ1) is 9.08. The molecule has 1 rings (SSSR count). The van der Waals surface area contributed by atoms with Gasteiger partial charge in [-0.1, -0.05) is 63.7 Å². The fraction of sp³-hybridized carbons (Fsp3) is 0.789. The molecular weight excluding hydrogens is 228 g/mol. The third-order valence-corrected chi connectivity index (χ3v) is 4.46. The largest absolute Gasteiger partial charge is 0.100 e. The van der Waals surface area contributed by atoms with Crippen LogP contribution in [0.2, 0.25) is 0 Å². The Morgan fingerprint density at radius 1 is 1.11 bits per heavy atom. The Balaban J connectivity index is 2.16. The van der Waals surface area contributed by atoms with Gasteiger partial charge < -0.3 is 0 Å². The lowest BCUT2D eigenvalue weighted by atomic mass is 9.83. The fourth-order valence-electron chi connectivity index (χ4n) is 3.23. The van der Waals surface area contributed by atoms with E-state index < -0.39 is 0 Å². The molecule has 110 valence electrons. The molecule has 2 unspecified atom stereocenters. The van der Waals surface area contributed by atoms with Crippen LogP contribution in [0.3, 0.4) is 0 Å². The van der Waals surface area contributed by atoms with Crippen molar-refractivity contribution in [1.82, 2.24) is 0 Å². The Labute approximate surface area is 121 Å². The highest BCUT2D eigenvalue weighted by Gasteiger charge is 2.15. The van der Waals surface area contributed by atoms with Gasteiger partial charge in [-0.3, -0.25) is 0 Å². The standard InChI is InChI=1S/C19H34/c1-16(2)9-8-10-17(3)13-14-18(4)15-19-11-6-5-7-12-19/h13-14,17-19H,1,5-12,15H2,2-4H3. The second-order valence-corrected chi connectivity index (χ2v) is 6.93. The molecule has 0 aromatic rings. The Morgan fingerprint density at radius 2 is 1.74 bits per heavy atom. The van der Waals surface area contributed by atoms with Crippen LogP contribution in [0.15, 0.2) is 24.3 Å². The van der Waals surface area contributed by atoms with Crippen LogP contribution in [0.5, 0.6) is 0 Å². The van der Waals surface area contributed by atoms with Crippen LogP contribution in [0, 0.1) is 17.8 Å². The molecule has 1 saturated carbocycles. The van der Waals surface area contributed by atoms with E-state index in [0.29, 0.717) is 0 Å². The summed E-state index contributed by atoms with van der Waals surface area (Å²) >= 11 is 0. The van der Waals surface area contributed by atoms with Gasteiger partial charge in [0.05, 0.1) is 0 Å². The average molecular weight is 262 g/mol. The molecule has 1 fully saturated rings. The van der Waals surface area contributed by atoms with Crippen molar-refractivity contribution < 1.29 is 0 Å². The minimum absolute atomic E-state index is 0.730. The zero-order valence-electron chi connectivity index (χ0n) is 13.5. The first-order valence-corrected chi connectivity index (χ1v) is 8.40. The van der Waals surface area contributed by atoms with E-state index >= 15 is 0 Å². The van der Waals surface area contributed by atoms with Crippen LogP contribution >= 0.6 is 0 Å². The van der Waals surface area contributed by atoms with Crippen LogP contribution < -0.4 is 0 Å². The minimum Gasteiger partial charge on any atom is -0.100 e. The van der Waals surface area contributed by atoms with Gasteiger partial charge in [0.15, 0.2) is 0 Å². The molecule has 0 N–H and O–H groups in total. The zero-order valence-corrected chi connectivity index (χ0v) is 13.5. The van der Waals surface area contributed by atoms with Crippen molar-refractivity contribution in [1.29, 1.82) is 0 Å². The lowest BCUT2D eigenvalue weighted by molar-refractivity contribution is 0.315.